The van der Waals surface area contributed by atoms with Crippen molar-refractivity contribution in [3.63, 3.8) is 0 Å². The minimum atomic E-state index is -0.819. The predicted molar refractivity (Wildman–Crippen MR) is 110 cm³/mol. The topological polar surface area (TPSA) is 170 Å². The third kappa shape index (κ3) is 3.94. The fourth-order valence-corrected chi connectivity index (χ4v) is 3.11. The molecule has 2 aromatic carbocycles. The van der Waals surface area contributed by atoms with Crippen LogP contribution in [0.4, 0.5) is 0 Å². The Balaban J connectivity index is 1.43. The van der Waals surface area contributed by atoms with Gasteiger partial charge in [0.15, 0.2) is 11.5 Å². The van der Waals surface area contributed by atoms with Gasteiger partial charge in [-0.2, -0.15) is 0 Å². The summed E-state index contributed by atoms with van der Waals surface area (Å²) in [5.41, 5.74) is 12.2. The third-order valence-electron chi connectivity index (χ3n) is 4.59. The van der Waals surface area contributed by atoms with E-state index in [9.17, 15) is 19.2 Å². The second-order valence-electron chi connectivity index (χ2n) is 6.68. The summed E-state index contributed by atoms with van der Waals surface area (Å²) in [7, 11) is 0. The van der Waals surface area contributed by atoms with Crippen LogP contribution < -0.4 is 20.9 Å². The van der Waals surface area contributed by atoms with E-state index in [-0.39, 0.29) is 11.5 Å². The normalized spacial score (nSPS) is 10.8. The van der Waals surface area contributed by atoms with Crippen LogP contribution in [0.15, 0.2) is 48.8 Å². The van der Waals surface area contributed by atoms with Crippen LogP contribution in [-0.4, -0.2) is 33.7 Å². The van der Waals surface area contributed by atoms with Gasteiger partial charge in [-0.05, 0) is 36.4 Å². The highest BCUT2D eigenvalue weighted by molar-refractivity contribution is 6.01. The summed E-state index contributed by atoms with van der Waals surface area (Å²) >= 11 is 0. The number of hydrogen-bond donors (Lipinski definition) is 4. The molecule has 6 N–H and O–H groups in total. The van der Waals surface area contributed by atoms with Gasteiger partial charge >= 0.3 is 11.9 Å². The van der Waals surface area contributed by atoms with Gasteiger partial charge in [-0.25, -0.2) is 0 Å². The zero-order chi connectivity index (χ0) is 22.1. The Labute approximate surface area is 174 Å². The van der Waals surface area contributed by atoms with Crippen LogP contribution in [0.3, 0.4) is 0 Å². The maximum Gasteiger partial charge on any atom is 0.322 e. The molecule has 0 aliphatic rings. The summed E-state index contributed by atoms with van der Waals surface area (Å²) in [5.74, 6) is -2.40. The maximum atomic E-state index is 12.2. The summed E-state index contributed by atoms with van der Waals surface area (Å²) < 4.78 is 10.5. The number of benzene rings is 2. The van der Waals surface area contributed by atoms with Crippen LogP contribution in [0.1, 0.15) is 27.1 Å². The number of amides is 2. The van der Waals surface area contributed by atoms with E-state index in [4.69, 9.17) is 20.9 Å². The summed E-state index contributed by atoms with van der Waals surface area (Å²) in [6, 6.07) is 9.24. The molecule has 2 amide bonds. The van der Waals surface area contributed by atoms with E-state index in [1.165, 1.54) is 36.7 Å². The lowest BCUT2D eigenvalue weighted by atomic mass is 10.1. The van der Waals surface area contributed by atoms with Gasteiger partial charge in [0, 0.05) is 34.3 Å². The average molecular weight is 420 g/mol. The second-order valence-corrected chi connectivity index (χ2v) is 6.68. The number of aromatic nitrogens is 2. The fraction of sp³-hybridized carbons (Fsp3) is 0.0476. The molecule has 31 heavy (non-hydrogen) atoms. The Morgan fingerprint density at radius 2 is 1.13 bits per heavy atom. The standard InChI is InChI=1S/C21H16N4O6/c22-20(28)10-1-3-12-14(5-10)24-8-16(12)30-18(26)7-19(27)31-17-9-25-15-6-11(21(23)29)2-4-13(15)17/h1-6,8-9,24-25H,7H2,(H2,22,28)(H2,23,29). The van der Waals surface area contributed by atoms with E-state index in [0.717, 1.165) is 0 Å². The van der Waals surface area contributed by atoms with Crippen molar-refractivity contribution in [1.82, 2.24) is 9.97 Å². The van der Waals surface area contributed by atoms with Crippen molar-refractivity contribution in [2.75, 3.05) is 0 Å². The predicted octanol–water partition coefficient (Wildman–Crippen LogP) is 1.75. The average Bonchev–Trinajstić information content (AvgIpc) is 3.31. The monoisotopic (exact) mass is 420 g/mol. The van der Waals surface area contributed by atoms with E-state index in [2.05, 4.69) is 9.97 Å². The van der Waals surface area contributed by atoms with Crippen molar-refractivity contribution in [2.45, 2.75) is 6.42 Å². The number of carbonyl (C=O) groups excluding carboxylic acids is 4. The van der Waals surface area contributed by atoms with Gasteiger partial charge in [-0.3, -0.25) is 19.2 Å². The van der Waals surface area contributed by atoms with Gasteiger partial charge < -0.3 is 30.9 Å². The molecule has 0 unspecified atom stereocenters. The van der Waals surface area contributed by atoms with Gasteiger partial charge in [-0.1, -0.05) is 0 Å². The molecule has 4 aromatic rings. The van der Waals surface area contributed by atoms with Crippen molar-refractivity contribution in [2.24, 2.45) is 11.5 Å². The second kappa shape index (κ2) is 7.67. The lowest BCUT2D eigenvalue weighted by molar-refractivity contribution is -0.144. The molecule has 0 saturated carbocycles. The molecule has 0 saturated heterocycles. The van der Waals surface area contributed by atoms with E-state index >= 15 is 0 Å². The molecule has 156 valence electrons. The summed E-state index contributed by atoms with van der Waals surface area (Å²) in [6.45, 7) is 0. The summed E-state index contributed by atoms with van der Waals surface area (Å²) in [6.07, 6.45) is 2.25. The van der Waals surface area contributed by atoms with Crippen LogP contribution in [-0.2, 0) is 9.59 Å². The summed E-state index contributed by atoms with van der Waals surface area (Å²) in [5, 5.41) is 1.10. The molecular formula is C21H16N4O6. The molecular weight excluding hydrogens is 404 g/mol. The first-order valence-corrected chi connectivity index (χ1v) is 9.05. The van der Waals surface area contributed by atoms with Gasteiger partial charge in [0.1, 0.15) is 6.42 Å². The Kier molecular flexibility index (Phi) is 4.88. The molecule has 0 spiro atoms. The van der Waals surface area contributed by atoms with Crippen molar-refractivity contribution < 1.29 is 28.7 Å². The molecule has 10 heteroatoms. The van der Waals surface area contributed by atoms with Crippen molar-refractivity contribution in [1.29, 1.82) is 0 Å². The number of rotatable bonds is 6. The first-order chi connectivity index (χ1) is 14.8. The third-order valence-corrected chi connectivity index (χ3v) is 4.59. The largest absolute Gasteiger partial charge is 0.424 e. The van der Waals surface area contributed by atoms with Gasteiger partial charge in [0.2, 0.25) is 11.8 Å². The number of hydrogen-bond acceptors (Lipinski definition) is 6. The number of aromatic amines is 2. The molecule has 0 fully saturated rings. The molecule has 0 bridgehead atoms. The van der Waals surface area contributed by atoms with Crippen LogP contribution in [0.2, 0.25) is 0 Å². The van der Waals surface area contributed by atoms with E-state index in [0.29, 0.717) is 32.9 Å². The number of primary amides is 2. The minimum absolute atomic E-state index is 0.204. The Hall–Kier alpha value is -4.60. The van der Waals surface area contributed by atoms with Crippen LogP contribution in [0, 0.1) is 0 Å². The maximum absolute atomic E-state index is 12.2. The molecule has 2 heterocycles. The van der Waals surface area contributed by atoms with Gasteiger partial charge in [-0.15, -0.1) is 0 Å². The van der Waals surface area contributed by atoms with Crippen molar-refractivity contribution in [3.05, 3.63) is 59.9 Å². The first-order valence-electron chi connectivity index (χ1n) is 9.05. The number of nitrogens with two attached hydrogens (primary N) is 2. The molecule has 4 rings (SSSR count). The number of carbonyl (C=O) groups is 4. The quantitative estimate of drug-likeness (QED) is 0.273. The lowest BCUT2D eigenvalue weighted by Gasteiger charge is -2.04. The number of H-pyrrole nitrogens is 2. The Bertz CT molecular complexity index is 1260. The fourth-order valence-electron chi connectivity index (χ4n) is 3.11. The van der Waals surface area contributed by atoms with Gasteiger partial charge in [0.05, 0.1) is 11.0 Å². The highest BCUT2D eigenvalue weighted by atomic mass is 16.6. The van der Waals surface area contributed by atoms with E-state index < -0.39 is 30.2 Å². The molecule has 2 aromatic heterocycles. The van der Waals surface area contributed by atoms with Crippen LogP contribution >= 0.6 is 0 Å². The molecule has 0 aliphatic heterocycles. The minimum Gasteiger partial charge on any atom is -0.424 e. The van der Waals surface area contributed by atoms with Crippen molar-refractivity contribution in [3.8, 4) is 11.5 Å². The zero-order valence-corrected chi connectivity index (χ0v) is 15.9. The SMILES string of the molecule is NC(=O)c1ccc2c(OC(=O)CC(=O)Oc3c[nH]c4cc(C(N)=O)ccc34)c[nH]c2c1. The Morgan fingerprint density at radius 3 is 1.52 bits per heavy atom. The van der Waals surface area contributed by atoms with Gasteiger partial charge in [0.25, 0.3) is 0 Å². The van der Waals surface area contributed by atoms with Crippen LogP contribution in [0.5, 0.6) is 11.5 Å². The summed E-state index contributed by atoms with van der Waals surface area (Å²) in [4.78, 5) is 52.6. The van der Waals surface area contributed by atoms with E-state index in [1.807, 2.05) is 0 Å². The van der Waals surface area contributed by atoms with E-state index in [1.54, 1.807) is 12.1 Å². The molecule has 0 atom stereocenters. The number of esters is 2. The number of nitrogens with one attached hydrogen (secondary N) is 2. The highest BCUT2D eigenvalue weighted by Crippen LogP contribution is 2.28. The first kappa shape index (κ1) is 19.7. The number of fused-ring (bicyclic) bond motifs is 2. The molecule has 0 aliphatic carbocycles. The number of ether oxygens (including phenoxy) is 2. The Morgan fingerprint density at radius 1 is 0.710 bits per heavy atom. The van der Waals surface area contributed by atoms with Crippen LogP contribution in [0.25, 0.3) is 21.8 Å². The zero-order valence-electron chi connectivity index (χ0n) is 15.9. The lowest BCUT2D eigenvalue weighted by Crippen LogP contribution is -2.18. The van der Waals surface area contributed by atoms with Crippen molar-refractivity contribution >= 4 is 45.6 Å². The smallest absolute Gasteiger partial charge is 0.322 e. The molecule has 0 radical (unpaired) electrons. The molecule has 10 nitrogen and oxygen atoms in total. The highest BCUT2D eigenvalue weighted by Gasteiger charge is 2.18.